The number of H-pyrrole nitrogens is 1. The van der Waals surface area contributed by atoms with Gasteiger partial charge in [-0.3, -0.25) is 9.59 Å². The van der Waals surface area contributed by atoms with Crippen LogP contribution in [0, 0.1) is 13.8 Å². The zero-order chi connectivity index (χ0) is 15.9. The molecule has 0 saturated heterocycles. The Morgan fingerprint density at radius 1 is 1.17 bits per heavy atom. The van der Waals surface area contributed by atoms with Crippen LogP contribution in [0.2, 0.25) is 0 Å². The van der Waals surface area contributed by atoms with E-state index in [0.717, 1.165) is 6.54 Å². The van der Waals surface area contributed by atoms with Crippen LogP contribution in [-0.2, 0) is 0 Å². The predicted octanol–water partition coefficient (Wildman–Crippen LogP) is 1.85. The normalized spacial score (nSPS) is 15.6. The van der Waals surface area contributed by atoms with Crippen molar-refractivity contribution in [3.8, 4) is 0 Å². The van der Waals surface area contributed by atoms with Gasteiger partial charge in [-0.15, -0.1) is 12.4 Å². The number of carbonyl (C=O) groups excluding carboxylic acids is 1. The monoisotopic (exact) mass is 342 g/mol. The Balaban J connectivity index is 0.00000264. The van der Waals surface area contributed by atoms with Crippen molar-refractivity contribution in [2.45, 2.75) is 58.4 Å². The van der Waals surface area contributed by atoms with E-state index < -0.39 is 5.56 Å². The Morgan fingerprint density at radius 2 is 1.83 bits per heavy atom. The van der Waals surface area contributed by atoms with Crippen molar-refractivity contribution in [3.05, 3.63) is 27.2 Å². The van der Waals surface area contributed by atoms with Gasteiger partial charge in [0.05, 0.1) is 5.69 Å². The van der Waals surface area contributed by atoms with Gasteiger partial charge in [-0.25, -0.2) is 5.10 Å². The van der Waals surface area contributed by atoms with Gasteiger partial charge in [-0.2, -0.15) is 5.10 Å². The van der Waals surface area contributed by atoms with Gasteiger partial charge in [-0.1, -0.05) is 25.7 Å². The number of rotatable bonds is 5. The number of aryl methyl sites for hydroxylation is 1. The van der Waals surface area contributed by atoms with Crippen molar-refractivity contribution in [3.63, 3.8) is 0 Å². The lowest BCUT2D eigenvalue weighted by molar-refractivity contribution is 0.0951. The van der Waals surface area contributed by atoms with Gasteiger partial charge in [0.1, 0.15) is 5.56 Å². The number of nitrogens with one attached hydrogen (secondary N) is 3. The lowest BCUT2D eigenvalue weighted by atomic mass is 10.1. The Bertz CT molecular complexity index is 566. The Kier molecular flexibility index (Phi) is 8.26. The van der Waals surface area contributed by atoms with Gasteiger partial charge in [0, 0.05) is 19.1 Å². The fraction of sp³-hybridized carbons (Fsp3) is 0.688. The summed E-state index contributed by atoms with van der Waals surface area (Å²) < 4.78 is 0. The van der Waals surface area contributed by atoms with Crippen molar-refractivity contribution in [2.75, 3.05) is 13.1 Å². The maximum Gasteiger partial charge on any atom is 0.277 e. The molecule has 2 rings (SSSR count). The molecule has 1 amide bonds. The second kappa shape index (κ2) is 9.67. The maximum absolute atomic E-state index is 12.2. The third-order valence-corrected chi connectivity index (χ3v) is 4.40. The van der Waals surface area contributed by atoms with Gasteiger partial charge in [0.2, 0.25) is 0 Å². The maximum atomic E-state index is 12.2. The van der Waals surface area contributed by atoms with Crippen molar-refractivity contribution >= 4 is 18.3 Å². The van der Waals surface area contributed by atoms with E-state index in [1.807, 2.05) is 0 Å². The fourth-order valence-electron chi connectivity index (χ4n) is 2.92. The quantitative estimate of drug-likeness (QED) is 0.563. The van der Waals surface area contributed by atoms with E-state index in [0.29, 0.717) is 23.8 Å². The topological polar surface area (TPSA) is 86.9 Å². The third kappa shape index (κ3) is 5.62. The van der Waals surface area contributed by atoms with Crippen molar-refractivity contribution in [1.82, 2.24) is 20.8 Å². The summed E-state index contributed by atoms with van der Waals surface area (Å²) in [7, 11) is 0. The van der Waals surface area contributed by atoms with Gasteiger partial charge >= 0.3 is 0 Å². The minimum absolute atomic E-state index is 0. The summed E-state index contributed by atoms with van der Waals surface area (Å²) in [4.78, 5) is 23.9. The van der Waals surface area contributed by atoms with Gasteiger partial charge in [0.15, 0.2) is 0 Å². The van der Waals surface area contributed by atoms with Crippen LogP contribution in [-0.4, -0.2) is 35.2 Å². The number of aromatic amines is 1. The fourth-order valence-corrected chi connectivity index (χ4v) is 2.92. The summed E-state index contributed by atoms with van der Waals surface area (Å²) >= 11 is 0. The highest BCUT2D eigenvalue weighted by atomic mass is 35.5. The smallest absolute Gasteiger partial charge is 0.277 e. The first-order valence-electron chi connectivity index (χ1n) is 8.17. The highest BCUT2D eigenvalue weighted by Crippen LogP contribution is 2.16. The van der Waals surface area contributed by atoms with Crippen LogP contribution in [0.25, 0.3) is 0 Å². The SMILES string of the molecule is Cc1n[nH]c(=O)c(C(=O)NCCNC2CCCCCC2)c1C.Cl. The van der Waals surface area contributed by atoms with Crippen molar-refractivity contribution in [1.29, 1.82) is 0 Å². The van der Waals surface area contributed by atoms with Crippen LogP contribution in [0.15, 0.2) is 4.79 Å². The number of carbonyl (C=O) groups is 1. The predicted molar refractivity (Wildman–Crippen MR) is 93.4 cm³/mol. The molecule has 1 aromatic rings. The average Bonchev–Trinajstić information content (AvgIpc) is 2.77. The zero-order valence-electron chi connectivity index (χ0n) is 13.9. The van der Waals surface area contributed by atoms with Gasteiger partial charge < -0.3 is 10.6 Å². The molecule has 0 unspecified atom stereocenters. The molecule has 0 radical (unpaired) electrons. The van der Waals surface area contributed by atoms with E-state index in [2.05, 4.69) is 20.8 Å². The van der Waals surface area contributed by atoms with Crippen LogP contribution >= 0.6 is 12.4 Å². The molecular weight excluding hydrogens is 316 g/mol. The summed E-state index contributed by atoms with van der Waals surface area (Å²) in [6.07, 6.45) is 7.67. The molecule has 1 aromatic heterocycles. The first-order chi connectivity index (χ1) is 10.6. The van der Waals surface area contributed by atoms with Crippen molar-refractivity contribution < 1.29 is 4.79 Å². The molecule has 23 heavy (non-hydrogen) atoms. The number of halogens is 1. The molecule has 1 aliphatic carbocycles. The molecule has 1 heterocycles. The highest BCUT2D eigenvalue weighted by molar-refractivity contribution is 5.95. The molecule has 130 valence electrons. The van der Waals surface area contributed by atoms with E-state index in [1.54, 1.807) is 13.8 Å². The lowest BCUT2D eigenvalue weighted by Gasteiger charge is -2.16. The number of aromatic nitrogens is 2. The number of hydrogen-bond donors (Lipinski definition) is 3. The number of nitrogens with zero attached hydrogens (tertiary/aromatic N) is 1. The van der Waals surface area contributed by atoms with Crippen LogP contribution in [0.1, 0.15) is 60.1 Å². The zero-order valence-corrected chi connectivity index (χ0v) is 14.7. The number of hydrogen-bond acceptors (Lipinski definition) is 4. The molecule has 0 atom stereocenters. The highest BCUT2D eigenvalue weighted by Gasteiger charge is 2.16. The molecule has 1 aliphatic rings. The summed E-state index contributed by atoms with van der Waals surface area (Å²) in [6.45, 7) is 4.78. The van der Waals surface area contributed by atoms with Gasteiger partial charge in [-0.05, 0) is 32.3 Å². The van der Waals surface area contributed by atoms with Crippen LogP contribution < -0.4 is 16.2 Å². The molecule has 0 bridgehead atoms. The lowest BCUT2D eigenvalue weighted by Crippen LogP contribution is -2.38. The summed E-state index contributed by atoms with van der Waals surface area (Å²) in [6, 6.07) is 0.563. The minimum Gasteiger partial charge on any atom is -0.351 e. The van der Waals surface area contributed by atoms with Crippen molar-refractivity contribution in [2.24, 2.45) is 0 Å². The molecule has 1 saturated carbocycles. The standard InChI is InChI=1S/C16H26N4O2.ClH/c1-11-12(2)19-20-16(22)14(11)15(21)18-10-9-17-13-7-5-3-4-6-8-13;/h13,17H,3-10H2,1-2H3,(H,18,21)(H,20,22);1H. The van der Waals surface area contributed by atoms with Gasteiger partial charge in [0.25, 0.3) is 11.5 Å². The van der Waals surface area contributed by atoms with E-state index in [9.17, 15) is 9.59 Å². The molecule has 7 heteroatoms. The Hall–Kier alpha value is -1.40. The second-order valence-electron chi connectivity index (χ2n) is 6.04. The van der Waals surface area contributed by atoms with E-state index in [4.69, 9.17) is 0 Å². The minimum atomic E-state index is -0.433. The average molecular weight is 343 g/mol. The first-order valence-corrected chi connectivity index (χ1v) is 8.17. The van der Waals surface area contributed by atoms with E-state index >= 15 is 0 Å². The third-order valence-electron chi connectivity index (χ3n) is 4.40. The van der Waals surface area contributed by atoms with E-state index in [-0.39, 0.29) is 23.9 Å². The van der Waals surface area contributed by atoms with Crippen LogP contribution in [0.5, 0.6) is 0 Å². The number of amides is 1. The Morgan fingerprint density at radius 3 is 2.48 bits per heavy atom. The molecule has 1 fully saturated rings. The molecule has 0 spiro atoms. The second-order valence-corrected chi connectivity index (χ2v) is 6.04. The van der Waals surface area contributed by atoms with Crippen LogP contribution in [0.3, 0.4) is 0 Å². The largest absolute Gasteiger partial charge is 0.351 e. The summed E-state index contributed by atoms with van der Waals surface area (Å²) in [5.41, 5.74) is 1.04. The molecule has 6 nitrogen and oxygen atoms in total. The molecule has 0 aromatic carbocycles. The molecular formula is C16H27ClN4O2. The van der Waals surface area contributed by atoms with E-state index in [1.165, 1.54) is 38.5 Å². The summed E-state index contributed by atoms with van der Waals surface area (Å²) in [5, 5.41) is 12.5. The first kappa shape index (κ1) is 19.6. The molecule has 3 N–H and O–H groups in total. The van der Waals surface area contributed by atoms with Crippen LogP contribution in [0.4, 0.5) is 0 Å². The molecule has 0 aliphatic heterocycles. The summed E-state index contributed by atoms with van der Waals surface area (Å²) in [5.74, 6) is -0.327. The Labute approximate surface area is 143 Å².